The molecule has 1 aromatic heterocycles. The second-order valence-corrected chi connectivity index (χ2v) is 9.38. The molecule has 138 valence electrons. The Kier molecular flexibility index (Phi) is 3.93. The van der Waals surface area contributed by atoms with Crippen LogP contribution in [0, 0.1) is 5.92 Å². The summed E-state index contributed by atoms with van der Waals surface area (Å²) in [4.78, 5) is 26.3. The van der Waals surface area contributed by atoms with Crippen LogP contribution in [0.2, 0.25) is 0 Å². The zero-order valence-electron chi connectivity index (χ0n) is 14.6. The SMILES string of the molecule is Cn1cc(S(=O)(=O)N2CC[C@H]3[C@@H]2CCN3CC2CC2)c(=O)n(C)c1=O. The summed E-state index contributed by atoms with van der Waals surface area (Å²) < 4.78 is 29.8. The first-order valence-electron chi connectivity index (χ1n) is 8.83. The molecular weight excluding hydrogens is 344 g/mol. The van der Waals surface area contributed by atoms with E-state index in [1.807, 2.05) is 0 Å². The molecule has 1 aliphatic carbocycles. The van der Waals surface area contributed by atoms with E-state index in [1.54, 1.807) is 0 Å². The van der Waals surface area contributed by atoms with Gasteiger partial charge in [-0.15, -0.1) is 0 Å². The number of likely N-dealkylation sites (tertiary alicyclic amines) is 1. The van der Waals surface area contributed by atoms with Crippen LogP contribution in [0.25, 0.3) is 0 Å². The lowest BCUT2D eigenvalue weighted by Crippen LogP contribution is -2.45. The molecule has 0 N–H and O–H groups in total. The maximum atomic E-state index is 13.1. The molecular formula is C16H24N4O4S. The van der Waals surface area contributed by atoms with E-state index in [0.717, 1.165) is 47.2 Å². The van der Waals surface area contributed by atoms with E-state index in [0.29, 0.717) is 6.54 Å². The second kappa shape index (κ2) is 5.78. The Morgan fingerprint density at radius 3 is 2.40 bits per heavy atom. The third kappa shape index (κ3) is 2.69. The molecule has 0 aromatic carbocycles. The van der Waals surface area contributed by atoms with Crippen molar-refractivity contribution in [3.05, 3.63) is 27.0 Å². The smallest absolute Gasteiger partial charge is 0.302 e. The van der Waals surface area contributed by atoms with Crippen LogP contribution in [-0.2, 0) is 24.1 Å². The highest BCUT2D eigenvalue weighted by molar-refractivity contribution is 7.89. The number of sulfonamides is 1. The zero-order valence-corrected chi connectivity index (χ0v) is 15.4. The molecule has 0 radical (unpaired) electrons. The zero-order chi connectivity index (χ0) is 17.9. The van der Waals surface area contributed by atoms with E-state index in [2.05, 4.69) is 4.90 Å². The number of aromatic nitrogens is 2. The lowest BCUT2D eigenvalue weighted by Gasteiger charge is -2.25. The fourth-order valence-corrected chi connectivity index (χ4v) is 6.12. The lowest BCUT2D eigenvalue weighted by atomic mass is 10.1. The maximum absolute atomic E-state index is 13.1. The standard InChI is InChI=1S/C16H24N4O4S/c1-17-10-14(15(21)18(2)16(17)22)25(23,24)20-8-6-12-13(20)5-7-19(12)9-11-3-4-11/h10-13H,3-9H2,1-2H3/t12-,13-/m0/s1. The van der Waals surface area contributed by atoms with Gasteiger partial charge in [0, 0.05) is 52.0 Å². The van der Waals surface area contributed by atoms with E-state index >= 15 is 0 Å². The third-order valence-corrected chi connectivity index (χ3v) is 7.74. The van der Waals surface area contributed by atoms with Gasteiger partial charge in [-0.25, -0.2) is 13.2 Å². The average Bonchev–Trinajstić information content (AvgIpc) is 3.14. The summed E-state index contributed by atoms with van der Waals surface area (Å²) in [6, 6.07) is 0.192. The Morgan fingerprint density at radius 2 is 1.72 bits per heavy atom. The van der Waals surface area contributed by atoms with Gasteiger partial charge in [0.05, 0.1) is 0 Å². The van der Waals surface area contributed by atoms with Crippen molar-refractivity contribution >= 4 is 10.0 Å². The molecule has 0 bridgehead atoms. The van der Waals surface area contributed by atoms with Crippen molar-refractivity contribution in [2.24, 2.45) is 20.0 Å². The van der Waals surface area contributed by atoms with E-state index in [9.17, 15) is 18.0 Å². The van der Waals surface area contributed by atoms with Gasteiger partial charge >= 0.3 is 5.69 Å². The number of rotatable bonds is 4. The van der Waals surface area contributed by atoms with Gasteiger partial charge < -0.3 is 4.57 Å². The largest absolute Gasteiger partial charge is 0.330 e. The highest BCUT2D eigenvalue weighted by Crippen LogP contribution is 2.38. The predicted molar refractivity (Wildman–Crippen MR) is 91.9 cm³/mol. The van der Waals surface area contributed by atoms with Crippen LogP contribution in [0.4, 0.5) is 0 Å². The lowest BCUT2D eigenvalue weighted by molar-refractivity contribution is 0.239. The first-order valence-corrected chi connectivity index (χ1v) is 10.3. The number of fused-ring (bicyclic) bond motifs is 1. The second-order valence-electron chi connectivity index (χ2n) is 7.52. The molecule has 2 saturated heterocycles. The predicted octanol–water partition coefficient (Wildman–Crippen LogP) is -0.669. The van der Waals surface area contributed by atoms with Crippen molar-refractivity contribution in [1.29, 1.82) is 0 Å². The topological polar surface area (TPSA) is 84.6 Å². The van der Waals surface area contributed by atoms with Gasteiger partial charge in [0.15, 0.2) is 4.90 Å². The molecule has 0 spiro atoms. The first-order chi connectivity index (χ1) is 11.8. The van der Waals surface area contributed by atoms with Gasteiger partial charge in [-0.05, 0) is 31.6 Å². The van der Waals surface area contributed by atoms with Crippen molar-refractivity contribution < 1.29 is 8.42 Å². The van der Waals surface area contributed by atoms with E-state index in [4.69, 9.17) is 0 Å². The summed E-state index contributed by atoms with van der Waals surface area (Å²) in [5.41, 5.74) is -1.28. The molecule has 3 heterocycles. The third-order valence-electron chi connectivity index (χ3n) is 5.83. The fourth-order valence-electron chi connectivity index (χ4n) is 4.27. The molecule has 25 heavy (non-hydrogen) atoms. The maximum Gasteiger partial charge on any atom is 0.330 e. The number of nitrogens with zero attached hydrogens (tertiary/aromatic N) is 4. The van der Waals surface area contributed by atoms with E-state index in [-0.39, 0.29) is 17.0 Å². The van der Waals surface area contributed by atoms with E-state index < -0.39 is 21.3 Å². The normalized spacial score (nSPS) is 27.8. The van der Waals surface area contributed by atoms with Crippen LogP contribution in [0.3, 0.4) is 0 Å². The van der Waals surface area contributed by atoms with Crippen LogP contribution >= 0.6 is 0 Å². The average molecular weight is 368 g/mol. The minimum atomic E-state index is -3.91. The fraction of sp³-hybridized carbons (Fsp3) is 0.750. The van der Waals surface area contributed by atoms with Crippen molar-refractivity contribution in [2.45, 2.75) is 42.7 Å². The van der Waals surface area contributed by atoms with Crippen LogP contribution in [0.1, 0.15) is 25.7 Å². The molecule has 9 heteroatoms. The van der Waals surface area contributed by atoms with E-state index in [1.165, 1.54) is 31.2 Å². The molecule has 1 saturated carbocycles. The van der Waals surface area contributed by atoms with Gasteiger partial charge in [-0.2, -0.15) is 4.31 Å². The number of aryl methyl sites for hydroxylation is 1. The van der Waals surface area contributed by atoms with Gasteiger partial charge in [0.25, 0.3) is 5.56 Å². The van der Waals surface area contributed by atoms with Crippen molar-refractivity contribution in [1.82, 2.24) is 18.3 Å². The summed E-state index contributed by atoms with van der Waals surface area (Å²) >= 11 is 0. The molecule has 1 aromatic rings. The Bertz CT molecular complexity index is 915. The van der Waals surface area contributed by atoms with Crippen LogP contribution in [0.5, 0.6) is 0 Å². The molecule has 2 atom stereocenters. The molecule has 0 unspecified atom stereocenters. The van der Waals surface area contributed by atoms with Crippen LogP contribution in [0.15, 0.2) is 20.7 Å². The highest BCUT2D eigenvalue weighted by atomic mass is 32.2. The first kappa shape index (κ1) is 17.0. The molecule has 4 rings (SSSR count). The minimum absolute atomic E-state index is 0.0642. The molecule has 2 aliphatic heterocycles. The van der Waals surface area contributed by atoms with Crippen molar-refractivity contribution in [3.8, 4) is 0 Å². The van der Waals surface area contributed by atoms with Gasteiger partial charge in [-0.1, -0.05) is 0 Å². The Morgan fingerprint density at radius 1 is 1.04 bits per heavy atom. The Hall–Kier alpha value is -1.45. The molecule has 0 amide bonds. The quantitative estimate of drug-likeness (QED) is 0.704. The van der Waals surface area contributed by atoms with Crippen LogP contribution in [-0.4, -0.2) is 58.5 Å². The van der Waals surface area contributed by atoms with Crippen molar-refractivity contribution in [3.63, 3.8) is 0 Å². The minimum Gasteiger partial charge on any atom is -0.302 e. The monoisotopic (exact) mass is 368 g/mol. The molecule has 8 nitrogen and oxygen atoms in total. The van der Waals surface area contributed by atoms with Gasteiger partial charge in [0.2, 0.25) is 10.0 Å². The molecule has 3 fully saturated rings. The molecule has 3 aliphatic rings. The summed E-state index contributed by atoms with van der Waals surface area (Å²) in [5.74, 6) is 0.778. The Balaban J connectivity index is 1.66. The van der Waals surface area contributed by atoms with Gasteiger partial charge in [-0.3, -0.25) is 14.3 Å². The highest BCUT2D eigenvalue weighted by Gasteiger charge is 2.48. The summed E-state index contributed by atoms with van der Waals surface area (Å²) in [7, 11) is -1.14. The summed E-state index contributed by atoms with van der Waals surface area (Å²) in [6.07, 6.45) is 5.34. The number of hydrogen-bond acceptors (Lipinski definition) is 5. The van der Waals surface area contributed by atoms with Crippen molar-refractivity contribution in [2.75, 3.05) is 19.6 Å². The Labute approximate surface area is 146 Å². The van der Waals surface area contributed by atoms with Crippen LogP contribution < -0.4 is 11.2 Å². The number of hydrogen-bond donors (Lipinski definition) is 0. The summed E-state index contributed by atoms with van der Waals surface area (Å²) in [6.45, 7) is 2.42. The van der Waals surface area contributed by atoms with Gasteiger partial charge in [0.1, 0.15) is 0 Å². The summed E-state index contributed by atoms with van der Waals surface area (Å²) in [5, 5.41) is 0.